The monoisotopic (exact) mass is 173 g/mol. The number of ether oxygens (including phenoxy) is 1. The first-order valence-corrected chi connectivity index (χ1v) is 4.23. The van der Waals surface area contributed by atoms with Gasteiger partial charge in [-0.3, -0.25) is 4.79 Å². The van der Waals surface area contributed by atoms with Gasteiger partial charge in [0.05, 0.1) is 12.2 Å². The van der Waals surface area contributed by atoms with Crippen LogP contribution in [0.5, 0.6) is 0 Å². The Balaban J connectivity index is 2.27. The average Bonchev–Trinajstić information content (AvgIpc) is 2.35. The highest BCUT2D eigenvalue weighted by molar-refractivity contribution is 5.73. The van der Waals surface area contributed by atoms with Gasteiger partial charge in [0.1, 0.15) is 6.04 Å². The van der Waals surface area contributed by atoms with E-state index in [0.717, 1.165) is 12.8 Å². The van der Waals surface area contributed by atoms with Crippen molar-refractivity contribution in [3.63, 3.8) is 0 Å². The number of hydrogen-bond acceptors (Lipinski definition) is 3. The van der Waals surface area contributed by atoms with E-state index in [-0.39, 0.29) is 12.2 Å². The number of aliphatic carboxylic acids is 1. The molecule has 0 aliphatic carbocycles. The lowest BCUT2D eigenvalue weighted by Crippen LogP contribution is -2.34. The summed E-state index contributed by atoms with van der Waals surface area (Å²) >= 11 is 0. The van der Waals surface area contributed by atoms with Crippen molar-refractivity contribution >= 4 is 5.97 Å². The number of carboxylic acid groups (broad SMARTS) is 1. The highest BCUT2D eigenvalue weighted by Gasteiger charge is 2.25. The van der Waals surface area contributed by atoms with Gasteiger partial charge in [-0.25, -0.2) is 0 Å². The summed E-state index contributed by atoms with van der Waals surface area (Å²) in [7, 11) is 0. The summed E-state index contributed by atoms with van der Waals surface area (Å²) in [5.41, 5.74) is 5.36. The van der Waals surface area contributed by atoms with E-state index >= 15 is 0 Å². The fourth-order valence-corrected chi connectivity index (χ4v) is 1.44. The minimum atomic E-state index is -0.946. The van der Waals surface area contributed by atoms with Crippen molar-refractivity contribution < 1.29 is 14.6 Å². The third-order valence-electron chi connectivity index (χ3n) is 2.15. The van der Waals surface area contributed by atoms with E-state index in [1.807, 2.05) is 6.92 Å². The SMILES string of the molecule is CC1CCC(C[C@H](N)C(=O)O)O1. The molecule has 2 unspecified atom stereocenters. The summed E-state index contributed by atoms with van der Waals surface area (Å²) in [5.74, 6) is -0.946. The number of hydrogen-bond donors (Lipinski definition) is 2. The van der Waals surface area contributed by atoms with Gasteiger partial charge < -0.3 is 15.6 Å². The third-order valence-corrected chi connectivity index (χ3v) is 2.15. The van der Waals surface area contributed by atoms with Gasteiger partial charge in [-0.2, -0.15) is 0 Å². The standard InChI is InChI=1S/C8H15NO3/c1-5-2-3-6(12-5)4-7(9)8(10)11/h5-7H,2-4,9H2,1H3,(H,10,11)/t5?,6?,7-/m0/s1. The maximum Gasteiger partial charge on any atom is 0.320 e. The molecule has 0 amide bonds. The smallest absolute Gasteiger partial charge is 0.320 e. The summed E-state index contributed by atoms with van der Waals surface area (Å²) in [5, 5.41) is 8.53. The van der Waals surface area contributed by atoms with Gasteiger partial charge in [0.2, 0.25) is 0 Å². The Labute approximate surface area is 71.7 Å². The maximum absolute atomic E-state index is 10.4. The van der Waals surface area contributed by atoms with Crippen LogP contribution in [-0.2, 0) is 9.53 Å². The Morgan fingerprint density at radius 2 is 2.42 bits per heavy atom. The van der Waals surface area contributed by atoms with Crippen LogP contribution in [0.2, 0.25) is 0 Å². The lowest BCUT2D eigenvalue weighted by molar-refractivity contribution is -0.139. The Kier molecular flexibility index (Phi) is 3.05. The van der Waals surface area contributed by atoms with E-state index in [0.29, 0.717) is 6.42 Å². The molecule has 0 aromatic heterocycles. The molecular formula is C8H15NO3. The van der Waals surface area contributed by atoms with Gasteiger partial charge >= 0.3 is 5.97 Å². The van der Waals surface area contributed by atoms with E-state index in [1.54, 1.807) is 0 Å². The summed E-state index contributed by atoms with van der Waals surface area (Å²) < 4.78 is 5.44. The van der Waals surface area contributed by atoms with Crippen molar-refractivity contribution in [1.29, 1.82) is 0 Å². The first-order valence-electron chi connectivity index (χ1n) is 4.23. The molecule has 1 aliphatic heterocycles. The zero-order valence-corrected chi connectivity index (χ0v) is 7.19. The Hall–Kier alpha value is -0.610. The zero-order chi connectivity index (χ0) is 9.14. The van der Waals surface area contributed by atoms with Gasteiger partial charge in [0.15, 0.2) is 0 Å². The number of carbonyl (C=O) groups is 1. The van der Waals surface area contributed by atoms with Crippen LogP contribution in [-0.4, -0.2) is 29.3 Å². The predicted octanol–water partition coefficient (Wildman–Crippen LogP) is 0.356. The molecule has 3 N–H and O–H groups in total. The molecule has 0 radical (unpaired) electrons. The van der Waals surface area contributed by atoms with Crippen LogP contribution < -0.4 is 5.73 Å². The molecule has 12 heavy (non-hydrogen) atoms. The second-order valence-electron chi connectivity index (χ2n) is 3.33. The van der Waals surface area contributed by atoms with Gasteiger partial charge in [-0.05, 0) is 26.2 Å². The molecule has 0 bridgehead atoms. The van der Waals surface area contributed by atoms with E-state index in [1.165, 1.54) is 0 Å². The van der Waals surface area contributed by atoms with Crippen LogP contribution in [0.25, 0.3) is 0 Å². The van der Waals surface area contributed by atoms with Crippen LogP contribution >= 0.6 is 0 Å². The molecule has 0 aromatic carbocycles. The lowest BCUT2D eigenvalue weighted by Gasteiger charge is -2.13. The molecule has 4 heteroatoms. The molecule has 4 nitrogen and oxygen atoms in total. The zero-order valence-electron chi connectivity index (χ0n) is 7.19. The topological polar surface area (TPSA) is 72.6 Å². The van der Waals surface area contributed by atoms with Gasteiger partial charge in [-0.1, -0.05) is 0 Å². The van der Waals surface area contributed by atoms with Crippen LogP contribution in [0.4, 0.5) is 0 Å². The second-order valence-corrected chi connectivity index (χ2v) is 3.33. The average molecular weight is 173 g/mol. The first-order chi connectivity index (χ1) is 5.59. The van der Waals surface area contributed by atoms with E-state index in [9.17, 15) is 4.79 Å². The fraction of sp³-hybridized carbons (Fsp3) is 0.875. The normalized spacial score (nSPS) is 31.8. The maximum atomic E-state index is 10.4. The third kappa shape index (κ3) is 2.46. The van der Waals surface area contributed by atoms with E-state index in [4.69, 9.17) is 15.6 Å². The highest BCUT2D eigenvalue weighted by atomic mass is 16.5. The van der Waals surface area contributed by atoms with Crippen molar-refractivity contribution in [2.45, 2.75) is 44.4 Å². The van der Waals surface area contributed by atoms with Crippen LogP contribution in [0, 0.1) is 0 Å². The minimum absolute atomic E-state index is 0.0473. The number of nitrogens with two attached hydrogens (primary N) is 1. The van der Waals surface area contributed by atoms with Crippen molar-refractivity contribution in [1.82, 2.24) is 0 Å². The molecule has 1 heterocycles. The summed E-state index contributed by atoms with van der Waals surface area (Å²) in [6, 6.07) is -0.778. The van der Waals surface area contributed by atoms with E-state index < -0.39 is 12.0 Å². The quantitative estimate of drug-likeness (QED) is 0.646. The Morgan fingerprint density at radius 1 is 1.75 bits per heavy atom. The molecule has 0 aromatic rings. The summed E-state index contributed by atoms with van der Waals surface area (Å²) in [4.78, 5) is 10.4. The molecule has 1 fully saturated rings. The Morgan fingerprint density at radius 3 is 2.83 bits per heavy atom. The van der Waals surface area contributed by atoms with Crippen LogP contribution in [0.3, 0.4) is 0 Å². The lowest BCUT2D eigenvalue weighted by atomic mass is 10.1. The van der Waals surface area contributed by atoms with Crippen LogP contribution in [0.15, 0.2) is 0 Å². The molecule has 0 saturated carbocycles. The molecule has 0 spiro atoms. The summed E-state index contributed by atoms with van der Waals surface area (Å²) in [6.07, 6.45) is 2.68. The van der Waals surface area contributed by atoms with E-state index in [2.05, 4.69) is 0 Å². The molecule has 3 atom stereocenters. The molecule has 70 valence electrons. The molecule has 1 rings (SSSR count). The van der Waals surface area contributed by atoms with Crippen molar-refractivity contribution in [2.24, 2.45) is 5.73 Å². The molecule has 1 aliphatic rings. The largest absolute Gasteiger partial charge is 0.480 e. The first kappa shape index (κ1) is 9.48. The number of rotatable bonds is 3. The van der Waals surface area contributed by atoms with Gasteiger partial charge in [0, 0.05) is 0 Å². The fourth-order valence-electron chi connectivity index (χ4n) is 1.44. The summed E-state index contributed by atoms with van der Waals surface area (Å²) in [6.45, 7) is 1.99. The van der Waals surface area contributed by atoms with Crippen molar-refractivity contribution in [3.05, 3.63) is 0 Å². The molecular weight excluding hydrogens is 158 g/mol. The van der Waals surface area contributed by atoms with Gasteiger partial charge in [0.25, 0.3) is 0 Å². The second kappa shape index (κ2) is 3.87. The van der Waals surface area contributed by atoms with Crippen molar-refractivity contribution in [2.75, 3.05) is 0 Å². The molecule has 1 saturated heterocycles. The van der Waals surface area contributed by atoms with Crippen LogP contribution in [0.1, 0.15) is 26.2 Å². The minimum Gasteiger partial charge on any atom is -0.480 e. The number of carboxylic acids is 1. The van der Waals surface area contributed by atoms with Crippen molar-refractivity contribution in [3.8, 4) is 0 Å². The highest BCUT2D eigenvalue weighted by Crippen LogP contribution is 2.22. The predicted molar refractivity (Wildman–Crippen MR) is 43.8 cm³/mol. The Bertz CT molecular complexity index is 172. The van der Waals surface area contributed by atoms with Gasteiger partial charge in [-0.15, -0.1) is 0 Å².